The van der Waals surface area contributed by atoms with E-state index in [0.717, 1.165) is 17.7 Å². The quantitative estimate of drug-likeness (QED) is 0.534. The fraction of sp³-hybridized carbons (Fsp3) is 0.389. The van der Waals surface area contributed by atoms with Crippen LogP contribution in [-0.2, 0) is 21.3 Å². The maximum atomic E-state index is 13.5. The third-order valence-corrected chi connectivity index (χ3v) is 7.40. The average molecular weight is 436 g/mol. The minimum absolute atomic E-state index is 0.0906. The van der Waals surface area contributed by atoms with E-state index in [2.05, 4.69) is 15.5 Å². The van der Waals surface area contributed by atoms with Gasteiger partial charge in [-0.05, 0) is 46.8 Å². The molecule has 0 saturated carbocycles. The fourth-order valence-corrected chi connectivity index (χ4v) is 5.53. The lowest BCUT2D eigenvalue weighted by molar-refractivity contribution is 0.0927. The van der Waals surface area contributed by atoms with E-state index in [9.17, 15) is 8.42 Å². The molecular weight excluding hydrogens is 414 g/mol. The molecule has 0 unspecified atom stereocenters. The lowest BCUT2D eigenvalue weighted by Gasteiger charge is -2.25. The van der Waals surface area contributed by atoms with Crippen LogP contribution in [0.2, 0.25) is 0 Å². The molecule has 0 bridgehead atoms. The van der Waals surface area contributed by atoms with Crippen molar-refractivity contribution in [2.45, 2.75) is 30.4 Å². The van der Waals surface area contributed by atoms with Gasteiger partial charge in [-0.15, -0.1) is 16.4 Å². The molecule has 0 amide bonds. The van der Waals surface area contributed by atoms with Crippen molar-refractivity contribution < 1.29 is 17.9 Å². The highest BCUT2D eigenvalue weighted by atomic mass is 32.2. The summed E-state index contributed by atoms with van der Waals surface area (Å²) in [6, 6.07) is 8.54. The number of sulfonamides is 1. The first kappa shape index (κ1) is 20.0. The summed E-state index contributed by atoms with van der Waals surface area (Å²) in [5, 5.41) is 13.0. The molecule has 1 atom stereocenters. The predicted molar refractivity (Wildman–Crippen MR) is 107 cm³/mol. The van der Waals surface area contributed by atoms with Crippen molar-refractivity contribution in [2.75, 3.05) is 20.3 Å². The topological polar surface area (TPSA) is 99.4 Å². The summed E-state index contributed by atoms with van der Waals surface area (Å²) in [6.45, 7) is 1.29. The van der Waals surface area contributed by atoms with E-state index in [4.69, 9.17) is 9.47 Å². The van der Waals surface area contributed by atoms with E-state index in [1.165, 1.54) is 39.8 Å². The summed E-state index contributed by atoms with van der Waals surface area (Å²) in [5.41, 5.74) is 0.556. The molecule has 1 aliphatic rings. The minimum Gasteiger partial charge on any atom is -0.494 e. The van der Waals surface area contributed by atoms with Crippen LogP contribution < -0.4 is 4.74 Å². The van der Waals surface area contributed by atoms with Crippen molar-refractivity contribution >= 4 is 21.4 Å². The van der Waals surface area contributed by atoms with Crippen molar-refractivity contribution in [2.24, 2.45) is 0 Å². The SMILES string of the molecule is COc1cc(S(=O)(=O)N(Cc2cccs2)C[C@H]2CCCO2)ccc1-n1cnnn1. The average Bonchev–Trinajstić information content (AvgIpc) is 3.50. The first-order valence-electron chi connectivity index (χ1n) is 9.13. The van der Waals surface area contributed by atoms with Crippen LogP contribution in [0, 0.1) is 0 Å². The highest BCUT2D eigenvalue weighted by Crippen LogP contribution is 2.29. The molecule has 0 aliphatic carbocycles. The number of tetrazole rings is 1. The molecule has 0 spiro atoms. The number of benzene rings is 1. The Morgan fingerprint density at radius 2 is 2.28 bits per heavy atom. The van der Waals surface area contributed by atoms with Gasteiger partial charge in [0.15, 0.2) is 0 Å². The number of rotatable bonds is 8. The zero-order valence-electron chi connectivity index (χ0n) is 15.8. The summed E-state index contributed by atoms with van der Waals surface area (Å²) in [7, 11) is -2.28. The van der Waals surface area contributed by atoms with Crippen molar-refractivity contribution in [3.8, 4) is 11.4 Å². The number of hydrogen-bond acceptors (Lipinski definition) is 8. The normalized spacial score (nSPS) is 17.1. The molecule has 3 heterocycles. The van der Waals surface area contributed by atoms with Crippen molar-refractivity contribution in [3.05, 3.63) is 46.9 Å². The molecule has 3 aromatic rings. The zero-order valence-corrected chi connectivity index (χ0v) is 17.5. The van der Waals surface area contributed by atoms with Crippen LogP contribution >= 0.6 is 11.3 Å². The second kappa shape index (κ2) is 8.57. The van der Waals surface area contributed by atoms with Crippen LogP contribution in [0.15, 0.2) is 46.9 Å². The highest BCUT2D eigenvalue weighted by molar-refractivity contribution is 7.89. The molecule has 154 valence electrons. The Balaban J connectivity index is 1.67. The summed E-state index contributed by atoms with van der Waals surface area (Å²) < 4.78 is 41.0. The fourth-order valence-electron chi connectivity index (χ4n) is 3.27. The zero-order chi connectivity index (χ0) is 20.3. The molecule has 1 saturated heterocycles. The standard InChI is InChI=1S/C18H21N5O4S2/c1-26-18-10-16(6-7-17(18)23-13-19-20-21-23)29(24,25)22(11-14-4-2-8-27-14)12-15-5-3-9-28-15/h3,5-7,9-10,13-14H,2,4,8,11-12H2,1H3/t14-/m1/s1. The Hall–Kier alpha value is -2.34. The molecule has 4 rings (SSSR count). The molecule has 0 N–H and O–H groups in total. The monoisotopic (exact) mass is 435 g/mol. The summed E-state index contributed by atoms with van der Waals surface area (Å²) in [5.74, 6) is 0.367. The Labute approximate surface area is 172 Å². The maximum absolute atomic E-state index is 13.5. The summed E-state index contributed by atoms with van der Waals surface area (Å²) >= 11 is 1.53. The Bertz CT molecular complexity index is 1030. The molecule has 1 fully saturated rings. The van der Waals surface area contributed by atoms with E-state index in [1.807, 2.05) is 17.5 Å². The first-order chi connectivity index (χ1) is 14.1. The smallest absolute Gasteiger partial charge is 0.243 e. The van der Waals surface area contributed by atoms with Gasteiger partial charge in [0.1, 0.15) is 17.8 Å². The third kappa shape index (κ3) is 4.32. The number of hydrogen-bond donors (Lipinski definition) is 0. The van der Waals surface area contributed by atoms with Crippen LogP contribution in [0.25, 0.3) is 5.69 Å². The molecule has 11 heteroatoms. The third-order valence-electron chi connectivity index (χ3n) is 4.73. The van der Waals surface area contributed by atoms with Gasteiger partial charge in [0.05, 0.1) is 18.1 Å². The van der Waals surface area contributed by atoms with Crippen LogP contribution in [0.3, 0.4) is 0 Å². The van der Waals surface area contributed by atoms with Crippen molar-refractivity contribution in [1.82, 2.24) is 24.5 Å². The van der Waals surface area contributed by atoms with Crippen LogP contribution in [-0.4, -0.2) is 59.3 Å². The van der Waals surface area contributed by atoms with Gasteiger partial charge in [0.25, 0.3) is 0 Å². The van der Waals surface area contributed by atoms with Crippen LogP contribution in [0.4, 0.5) is 0 Å². The van der Waals surface area contributed by atoms with Gasteiger partial charge >= 0.3 is 0 Å². The van der Waals surface area contributed by atoms with Gasteiger partial charge in [-0.2, -0.15) is 8.99 Å². The summed E-state index contributed by atoms with van der Waals surface area (Å²) in [4.78, 5) is 1.13. The molecule has 1 aromatic carbocycles. The molecule has 9 nitrogen and oxygen atoms in total. The lowest BCUT2D eigenvalue weighted by Crippen LogP contribution is -2.36. The van der Waals surface area contributed by atoms with Gasteiger partial charge in [-0.25, -0.2) is 8.42 Å². The predicted octanol–water partition coefficient (Wildman–Crippen LogP) is 2.10. The molecule has 1 aliphatic heterocycles. The molecule has 0 radical (unpaired) electrons. The van der Waals surface area contributed by atoms with Crippen LogP contribution in [0.1, 0.15) is 17.7 Å². The van der Waals surface area contributed by atoms with Crippen LogP contribution in [0.5, 0.6) is 5.75 Å². The number of ether oxygens (including phenoxy) is 2. The largest absolute Gasteiger partial charge is 0.494 e. The first-order valence-corrected chi connectivity index (χ1v) is 11.5. The molecule has 2 aromatic heterocycles. The number of methoxy groups -OCH3 is 1. The summed E-state index contributed by atoms with van der Waals surface area (Å²) in [6.07, 6.45) is 3.14. The van der Waals surface area contributed by atoms with Gasteiger partial charge < -0.3 is 9.47 Å². The number of thiophene rings is 1. The second-order valence-corrected chi connectivity index (χ2v) is 9.57. The van der Waals surface area contributed by atoms with E-state index >= 15 is 0 Å². The van der Waals surface area contributed by atoms with Crippen molar-refractivity contribution in [3.63, 3.8) is 0 Å². The van der Waals surface area contributed by atoms with E-state index in [1.54, 1.807) is 12.1 Å². The number of nitrogens with zero attached hydrogens (tertiary/aromatic N) is 5. The van der Waals surface area contributed by atoms with Gasteiger partial charge in [0.2, 0.25) is 10.0 Å². The van der Waals surface area contributed by atoms with E-state index in [-0.39, 0.29) is 11.0 Å². The molecular formula is C18H21N5O4S2. The molecule has 29 heavy (non-hydrogen) atoms. The van der Waals surface area contributed by atoms with Gasteiger partial charge in [-0.3, -0.25) is 0 Å². The van der Waals surface area contributed by atoms with Gasteiger partial charge in [-0.1, -0.05) is 6.07 Å². The Morgan fingerprint density at radius 1 is 1.38 bits per heavy atom. The van der Waals surface area contributed by atoms with Gasteiger partial charge in [0, 0.05) is 30.6 Å². The number of aromatic nitrogens is 4. The minimum atomic E-state index is -3.76. The Kier molecular flexibility index (Phi) is 5.90. The maximum Gasteiger partial charge on any atom is 0.243 e. The second-order valence-electron chi connectivity index (χ2n) is 6.60. The van der Waals surface area contributed by atoms with E-state index in [0.29, 0.717) is 31.1 Å². The Morgan fingerprint density at radius 3 is 2.93 bits per heavy atom. The van der Waals surface area contributed by atoms with E-state index < -0.39 is 10.0 Å². The highest BCUT2D eigenvalue weighted by Gasteiger charge is 2.30. The van der Waals surface area contributed by atoms with Crippen molar-refractivity contribution in [1.29, 1.82) is 0 Å². The lowest BCUT2D eigenvalue weighted by atomic mass is 10.2.